The number of rotatable bonds is 3. The minimum atomic E-state index is -0.882. The zero-order chi connectivity index (χ0) is 11.6. The molecule has 0 saturated carbocycles. The molecule has 4 heteroatoms. The van der Waals surface area contributed by atoms with Gasteiger partial charge in [0.15, 0.2) is 11.6 Å². The van der Waals surface area contributed by atoms with Crippen molar-refractivity contribution in [2.24, 2.45) is 5.73 Å². The van der Waals surface area contributed by atoms with Gasteiger partial charge in [0.25, 0.3) is 0 Å². The van der Waals surface area contributed by atoms with Crippen molar-refractivity contribution < 1.29 is 13.5 Å². The molecule has 0 amide bonds. The summed E-state index contributed by atoms with van der Waals surface area (Å²) in [7, 11) is 1.42. The Morgan fingerprint density at radius 1 is 1.33 bits per heavy atom. The van der Waals surface area contributed by atoms with Gasteiger partial charge in [-0.1, -0.05) is 0 Å². The Bertz CT molecular complexity index is 358. The molecule has 0 aliphatic carbocycles. The number of benzene rings is 1. The summed E-state index contributed by atoms with van der Waals surface area (Å²) >= 11 is 0. The van der Waals surface area contributed by atoms with Gasteiger partial charge in [0.2, 0.25) is 0 Å². The fourth-order valence-electron chi connectivity index (χ4n) is 1.39. The van der Waals surface area contributed by atoms with Crippen LogP contribution in [0.2, 0.25) is 0 Å². The van der Waals surface area contributed by atoms with Gasteiger partial charge in [-0.05, 0) is 32.4 Å². The molecule has 0 unspecified atom stereocenters. The van der Waals surface area contributed by atoms with Gasteiger partial charge in [-0.25, -0.2) is 8.78 Å². The molecule has 0 atom stereocenters. The lowest BCUT2D eigenvalue weighted by molar-refractivity contribution is 0.387. The fourth-order valence-corrected chi connectivity index (χ4v) is 1.39. The van der Waals surface area contributed by atoms with E-state index in [9.17, 15) is 8.78 Å². The maximum atomic E-state index is 13.5. The standard InChI is InChI=1S/C11H15F2NO/c1-11(2,14)6-7-9(15-3)5-4-8(12)10(7)13/h4-5H,6,14H2,1-3H3. The molecule has 0 heterocycles. The van der Waals surface area contributed by atoms with Crippen LogP contribution in [0.1, 0.15) is 19.4 Å². The Morgan fingerprint density at radius 3 is 2.40 bits per heavy atom. The fraction of sp³-hybridized carbons (Fsp3) is 0.455. The molecule has 0 aromatic heterocycles. The van der Waals surface area contributed by atoms with Gasteiger partial charge in [0, 0.05) is 11.1 Å². The lowest BCUT2D eigenvalue weighted by Gasteiger charge is -2.20. The number of hydrogen-bond acceptors (Lipinski definition) is 2. The zero-order valence-corrected chi connectivity index (χ0v) is 9.10. The van der Waals surface area contributed by atoms with E-state index in [-0.39, 0.29) is 12.0 Å². The van der Waals surface area contributed by atoms with E-state index in [2.05, 4.69) is 0 Å². The second kappa shape index (κ2) is 4.14. The van der Waals surface area contributed by atoms with Crippen LogP contribution in [0.3, 0.4) is 0 Å². The van der Waals surface area contributed by atoms with E-state index in [0.717, 1.165) is 6.07 Å². The van der Waals surface area contributed by atoms with Gasteiger partial charge in [-0.2, -0.15) is 0 Å². The molecule has 0 aliphatic heterocycles. The average Bonchev–Trinajstić information content (AvgIpc) is 2.11. The molecule has 0 bridgehead atoms. The van der Waals surface area contributed by atoms with Crippen molar-refractivity contribution in [3.8, 4) is 5.75 Å². The molecule has 0 radical (unpaired) electrons. The molecule has 1 rings (SSSR count). The van der Waals surface area contributed by atoms with Crippen LogP contribution >= 0.6 is 0 Å². The number of methoxy groups -OCH3 is 1. The SMILES string of the molecule is COc1ccc(F)c(F)c1CC(C)(C)N. The predicted octanol–water partition coefficient (Wildman–Crippen LogP) is 2.25. The molecular formula is C11H15F2NO. The van der Waals surface area contributed by atoms with Gasteiger partial charge < -0.3 is 10.5 Å². The second-order valence-electron chi connectivity index (χ2n) is 4.21. The molecule has 2 N–H and O–H groups in total. The van der Waals surface area contributed by atoms with Crippen molar-refractivity contribution in [1.29, 1.82) is 0 Å². The summed E-state index contributed by atoms with van der Waals surface area (Å²) in [5, 5.41) is 0. The summed E-state index contributed by atoms with van der Waals surface area (Å²) in [6.07, 6.45) is 0.222. The van der Waals surface area contributed by atoms with E-state index < -0.39 is 17.2 Å². The monoisotopic (exact) mass is 215 g/mol. The van der Waals surface area contributed by atoms with Crippen molar-refractivity contribution in [3.63, 3.8) is 0 Å². The highest BCUT2D eigenvalue weighted by Gasteiger charge is 2.20. The summed E-state index contributed by atoms with van der Waals surface area (Å²) in [6, 6.07) is 2.45. The topological polar surface area (TPSA) is 35.2 Å². The number of hydrogen-bond donors (Lipinski definition) is 1. The van der Waals surface area contributed by atoms with Crippen molar-refractivity contribution in [2.75, 3.05) is 7.11 Å². The van der Waals surface area contributed by atoms with E-state index >= 15 is 0 Å². The molecule has 84 valence electrons. The normalized spacial score (nSPS) is 11.6. The highest BCUT2D eigenvalue weighted by molar-refractivity contribution is 5.36. The molecule has 15 heavy (non-hydrogen) atoms. The first-order chi connectivity index (χ1) is 6.85. The Morgan fingerprint density at radius 2 is 1.93 bits per heavy atom. The number of nitrogens with two attached hydrogens (primary N) is 1. The van der Waals surface area contributed by atoms with Crippen LogP contribution in [-0.2, 0) is 6.42 Å². The Kier molecular flexibility index (Phi) is 3.29. The molecule has 0 spiro atoms. The van der Waals surface area contributed by atoms with Crippen LogP contribution in [0.25, 0.3) is 0 Å². The van der Waals surface area contributed by atoms with Crippen LogP contribution in [0.4, 0.5) is 8.78 Å². The molecule has 1 aromatic rings. The maximum absolute atomic E-state index is 13.5. The largest absolute Gasteiger partial charge is 0.496 e. The molecule has 2 nitrogen and oxygen atoms in total. The van der Waals surface area contributed by atoms with Crippen LogP contribution < -0.4 is 10.5 Å². The van der Waals surface area contributed by atoms with Gasteiger partial charge >= 0.3 is 0 Å². The lowest BCUT2D eigenvalue weighted by Crippen LogP contribution is -2.35. The number of halogens is 2. The van der Waals surface area contributed by atoms with Gasteiger partial charge in [-0.3, -0.25) is 0 Å². The molecule has 1 aromatic carbocycles. The molecular weight excluding hydrogens is 200 g/mol. The van der Waals surface area contributed by atoms with E-state index in [1.807, 2.05) is 0 Å². The van der Waals surface area contributed by atoms with E-state index in [1.54, 1.807) is 13.8 Å². The summed E-state index contributed by atoms with van der Waals surface area (Å²) < 4.78 is 31.4. The number of ether oxygens (including phenoxy) is 1. The third kappa shape index (κ3) is 2.89. The summed E-state index contributed by atoms with van der Waals surface area (Å²) in [5.41, 5.74) is 5.34. The lowest BCUT2D eigenvalue weighted by atomic mass is 9.95. The summed E-state index contributed by atoms with van der Waals surface area (Å²) in [4.78, 5) is 0. The highest BCUT2D eigenvalue weighted by Crippen LogP contribution is 2.26. The average molecular weight is 215 g/mol. The van der Waals surface area contributed by atoms with E-state index in [4.69, 9.17) is 10.5 Å². The first-order valence-electron chi connectivity index (χ1n) is 4.65. The highest BCUT2D eigenvalue weighted by atomic mass is 19.2. The predicted molar refractivity (Wildman–Crippen MR) is 54.9 cm³/mol. The molecule has 0 saturated heterocycles. The zero-order valence-electron chi connectivity index (χ0n) is 9.10. The second-order valence-corrected chi connectivity index (χ2v) is 4.21. The minimum absolute atomic E-state index is 0.185. The summed E-state index contributed by atoms with van der Waals surface area (Å²) in [5.74, 6) is -1.43. The van der Waals surface area contributed by atoms with Crippen molar-refractivity contribution in [1.82, 2.24) is 0 Å². The maximum Gasteiger partial charge on any atom is 0.165 e. The van der Waals surface area contributed by atoms with Gasteiger partial charge in [-0.15, -0.1) is 0 Å². The molecule has 0 aliphatic rings. The van der Waals surface area contributed by atoms with Crippen LogP contribution in [0.5, 0.6) is 5.75 Å². The first-order valence-corrected chi connectivity index (χ1v) is 4.65. The van der Waals surface area contributed by atoms with E-state index in [1.165, 1.54) is 13.2 Å². The minimum Gasteiger partial charge on any atom is -0.496 e. The van der Waals surface area contributed by atoms with Gasteiger partial charge in [0.1, 0.15) is 5.75 Å². The first kappa shape index (κ1) is 11.9. The third-order valence-corrected chi connectivity index (χ3v) is 2.01. The Hall–Kier alpha value is -1.16. The third-order valence-electron chi connectivity index (χ3n) is 2.01. The quantitative estimate of drug-likeness (QED) is 0.839. The van der Waals surface area contributed by atoms with E-state index in [0.29, 0.717) is 5.75 Å². The molecule has 0 fully saturated rings. The smallest absolute Gasteiger partial charge is 0.165 e. The Balaban J connectivity index is 3.18. The van der Waals surface area contributed by atoms with Crippen molar-refractivity contribution in [2.45, 2.75) is 25.8 Å². The van der Waals surface area contributed by atoms with Crippen LogP contribution in [0, 0.1) is 11.6 Å². The Labute approximate surface area is 88.0 Å². The summed E-state index contributed by atoms with van der Waals surface area (Å²) in [6.45, 7) is 3.49. The van der Waals surface area contributed by atoms with Crippen LogP contribution in [0.15, 0.2) is 12.1 Å². The van der Waals surface area contributed by atoms with Crippen molar-refractivity contribution in [3.05, 3.63) is 29.3 Å². The van der Waals surface area contributed by atoms with Crippen LogP contribution in [-0.4, -0.2) is 12.6 Å². The van der Waals surface area contributed by atoms with Gasteiger partial charge in [0.05, 0.1) is 7.11 Å². The van der Waals surface area contributed by atoms with Crippen molar-refractivity contribution >= 4 is 0 Å².